The minimum Gasteiger partial charge on any atom is -0.632 e. The molecule has 2 aromatic heterocycles. The van der Waals surface area contributed by atoms with Crippen LogP contribution >= 0.6 is 17.2 Å². The van der Waals surface area contributed by atoms with Gasteiger partial charge >= 0.3 is 58.2 Å². The molecule has 2 atom stereocenters. The molecular formula is C16H16N6O6P2V2W. The Morgan fingerprint density at radius 1 is 1.06 bits per heavy atom. The van der Waals surface area contributed by atoms with Gasteiger partial charge in [-0.2, -0.15) is 20.7 Å². The van der Waals surface area contributed by atoms with Gasteiger partial charge in [0.2, 0.25) is 12.2 Å². The number of carbonyl (C=O) groups is 2. The molecule has 0 aliphatic heterocycles. The molecule has 33 heavy (non-hydrogen) atoms. The van der Waals surface area contributed by atoms with Gasteiger partial charge in [-0.25, -0.2) is 12.1 Å². The number of benzene rings is 1. The first-order chi connectivity index (χ1) is 14.4. The number of nitrogens with zero attached hydrogens (tertiary/aromatic N) is 2. The minimum absolute atomic E-state index is 0. The summed E-state index contributed by atoms with van der Waals surface area (Å²) in [5.74, 6) is 0. The Balaban J connectivity index is -0.000000178. The number of hydrogen-bond acceptors (Lipinski definition) is 8. The van der Waals surface area contributed by atoms with Gasteiger partial charge in [-0.05, 0) is 11.0 Å². The van der Waals surface area contributed by atoms with Crippen LogP contribution in [0.5, 0.6) is 0 Å². The molecule has 1 aromatic carbocycles. The van der Waals surface area contributed by atoms with Crippen molar-refractivity contribution < 1.29 is 86.8 Å². The fourth-order valence-electron chi connectivity index (χ4n) is 1.35. The molecule has 0 saturated heterocycles. The van der Waals surface area contributed by atoms with E-state index in [1.807, 2.05) is 12.1 Å². The van der Waals surface area contributed by atoms with E-state index in [2.05, 4.69) is 41.7 Å². The average molecular weight is 736 g/mol. The zero-order valence-electron chi connectivity index (χ0n) is 17.0. The van der Waals surface area contributed by atoms with E-state index in [9.17, 15) is 19.2 Å². The summed E-state index contributed by atoms with van der Waals surface area (Å²) in [5, 5.41) is 0. The van der Waals surface area contributed by atoms with Gasteiger partial charge < -0.3 is 45.5 Å². The fourth-order valence-corrected chi connectivity index (χ4v) is 2.18. The molecule has 0 spiro atoms. The van der Waals surface area contributed by atoms with E-state index in [0.29, 0.717) is 11.1 Å². The van der Waals surface area contributed by atoms with Crippen molar-refractivity contribution in [3.63, 3.8) is 0 Å². The van der Waals surface area contributed by atoms with Crippen LogP contribution in [0.25, 0.3) is 22.5 Å². The topological polar surface area (TPSA) is 192 Å². The number of ether oxygens (including phenoxy) is 2. The van der Waals surface area contributed by atoms with Crippen LogP contribution in [-0.4, -0.2) is 58.4 Å². The Kier molecular flexibility index (Phi) is 29.5. The summed E-state index contributed by atoms with van der Waals surface area (Å²) in [6, 6.07) is 11.9. The number of rotatable bonds is 4. The second-order valence-electron chi connectivity index (χ2n) is 4.34. The average Bonchev–Trinajstić information content (AvgIpc) is 3.39. The Labute approximate surface area is 231 Å². The van der Waals surface area contributed by atoms with Crippen LogP contribution in [0.1, 0.15) is 0 Å². The quantitative estimate of drug-likeness (QED) is 0.300. The van der Waals surface area contributed by atoms with Crippen molar-refractivity contribution in [1.29, 1.82) is 0 Å². The molecule has 2 heterocycles. The third kappa shape index (κ3) is 20.8. The maximum Gasteiger partial charge on any atom is 2.00 e. The van der Waals surface area contributed by atoms with Gasteiger partial charge in [0.1, 0.15) is 0 Å². The second kappa shape index (κ2) is 25.1. The van der Waals surface area contributed by atoms with Crippen LogP contribution in [0, 0.1) is 12.3 Å². The van der Waals surface area contributed by atoms with E-state index in [-0.39, 0.29) is 75.3 Å². The standard InChI is InChI=1S/C8H5N2OP.C4H3N2OP.2C2H5NO2.2V.W/c11-5-12-8-9-6-3-1-2-4-7(6)10-8;7-3-8-4-5-1-2-6-4;2*1-5-2(3)4;;;/h1,3-4,12H,(H,9,10);1,8H,(H,5,6);2*1H3,(H2,3,4);;;/q2*-2;;;3*+2/p-2. The first-order valence-electron chi connectivity index (χ1n) is 7.50. The predicted molar refractivity (Wildman–Crippen MR) is 113 cm³/mol. The number of fused-ring (bicyclic) bond motifs is 1. The molecule has 2 radical (unpaired) electrons. The number of H-pyrrole nitrogens is 2. The normalized spacial score (nSPS) is 8.67. The van der Waals surface area contributed by atoms with Gasteiger partial charge in [0.05, 0.1) is 19.8 Å². The molecule has 2 unspecified atom stereocenters. The number of aromatic amines is 2. The Bertz CT molecular complexity index is 873. The van der Waals surface area contributed by atoms with Crippen molar-refractivity contribution in [2.45, 2.75) is 0 Å². The molecule has 17 heteroatoms. The van der Waals surface area contributed by atoms with E-state index in [1.54, 1.807) is 24.4 Å². The van der Waals surface area contributed by atoms with E-state index < -0.39 is 12.2 Å². The molecule has 12 nitrogen and oxygen atoms in total. The first kappa shape index (κ1) is 38.7. The van der Waals surface area contributed by atoms with Crippen LogP contribution in [0.4, 0.5) is 9.59 Å². The Morgan fingerprint density at radius 3 is 1.97 bits per heavy atom. The SMILES string of the molecule is COC([NH-])=O.COC([NH-])=O.O=[C-]Pc1n[c-]c[nH]1.O=[C-]Pc1nc2c[c-]ccc2[nH]1.[V+2].[V+2].[W+2]. The van der Waals surface area contributed by atoms with E-state index >= 15 is 0 Å². The van der Waals surface area contributed by atoms with Crippen LogP contribution in [-0.2, 0) is 77.2 Å². The summed E-state index contributed by atoms with van der Waals surface area (Å²) in [6.07, 6.45) is 2.10. The summed E-state index contributed by atoms with van der Waals surface area (Å²) in [6.45, 7) is 0. The van der Waals surface area contributed by atoms with E-state index in [4.69, 9.17) is 11.5 Å². The number of carbonyl (C=O) groups excluding carboxylic acids is 4. The predicted octanol–water partition coefficient (Wildman–Crippen LogP) is 1.92. The van der Waals surface area contributed by atoms with Crippen LogP contribution in [0.2, 0.25) is 0 Å². The molecule has 3 rings (SSSR count). The molecule has 3 aromatic rings. The monoisotopic (exact) mass is 736 g/mol. The largest absolute Gasteiger partial charge is 2.00 e. The molecule has 4 N–H and O–H groups in total. The Hall–Kier alpha value is -1.50. The Morgan fingerprint density at radius 2 is 1.58 bits per heavy atom. The maximum absolute atomic E-state index is 10.1. The summed E-state index contributed by atoms with van der Waals surface area (Å²) >= 11 is 0. The summed E-state index contributed by atoms with van der Waals surface area (Å²) in [5.41, 5.74) is 15.0. The zero-order valence-corrected chi connectivity index (χ0v) is 24.7. The van der Waals surface area contributed by atoms with Crippen molar-refractivity contribution in [3.05, 3.63) is 48.1 Å². The van der Waals surface area contributed by atoms with Crippen LogP contribution in [0.15, 0.2) is 24.4 Å². The molecule has 0 aliphatic rings. The van der Waals surface area contributed by atoms with Crippen LogP contribution < -0.4 is 11.1 Å². The number of aromatic nitrogens is 4. The number of imidazole rings is 2. The number of nitrogens with one attached hydrogen (secondary N) is 4. The molecular weight excluding hydrogens is 720 g/mol. The first-order valence-corrected chi connectivity index (χ1v) is 9.50. The van der Waals surface area contributed by atoms with Gasteiger partial charge in [0, 0.05) is 0 Å². The van der Waals surface area contributed by atoms with Crippen LogP contribution in [0.3, 0.4) is 0 Å². The number of amides is 2. The molecule has 0 saturated carbocycles. The van der Waals surface area contributed by atoms with Crippen molar-refractivity contribution in [2.75, 3.05) is 14.2 Å². The van der Waals surface area contributed by atoms with Gasteiger partial charge in [0.25, 0.3) is 0 Å². The summed E-state index contributed by atoms with van der Waals surface area (Å²) in [7, 11) is 2.32. The maximum atomic E-state index is 10.1. The van der Waals surface area contributed by atoms with Crippen molar-refractivity contribution in [2.24, 2.45) is 0 Å². The van der Waals surface area contributed by atoms with Gasteiger partial charge in [-0.1, -0.05) is 11.8 Å². The van der Waals surface area contributed by atoms with Gasteiger partial charge in [-0.3, -0.25) is 23.2 Å². The third-order valence-corrected chi connectivity index (χ3v) is 3.66. The summed E-state index contributed by atoms with van der Waals surface area (Å²) in [4.78, 5) is 51.8. The number of methoxy groups -OCH3 is 2. The molecule has 0 fully saturated rings. The zero-order chi connectivity index (χ0) is 22.8. The third-order valence-electron chi connectivity index (χ3n) is 2.49. The van der Waals surface area contributed by atoms with Crippen molar-refractivity contribution in [3.8, 4) is 0 Å². The molecule has 0 bridgehead atoms. The minimum atomic E-state index is -0.995. The van der Waals surface area contributed by atoms with E-state index in [1.165, 1.54) is 0 Å². The van der Waals surface area contributed by atoms with Gasteiger partial charge in [-0.15, -0.1) is 18.3 Å². The second-order valence-corrected chi connectivity index (χ2v) is 6.20. The fraction of sp³-hybridized carbons (Fsp3) is 0.125. The number of hydrogen-bond donors (Lipinski definition) is 2. The molecule has 172 valence electrons. The van der Waals surface area contributed by atoms with Crippen molar-refractivity contribution in [1.82, 2.24) is 19.9 Å². The van der Waals surface area contributed by atoms with Crippen molar-refractivity contribution >= 4 is 63.6 Å². The molecule has 0 aliphatic carbocycles. The molecule has 2 amide bonds. The summed E-state index contributed by atoms with van der Waals surface area (Å²) < 4.78 is 7.56. The smallest absolute Gasteiger partial charge is 0.632 e. The van der Waals surface area contributed by atoms with Gasteiger partial charge in [0.15, 0.2) is 0 Å². The van der Waals surface area contributed by atoms with E-state index in [0.717, 1.165) is 25.3 Å².